The molecule has 30 heavy (non-hydrogen) atoms. The normalized spacial score (nSPS) is 10.9. The number of hydrogen-bond acceptors (Lipinski definition) is 3. The molecule has 6 nitrogen and oxygen atoms in total. The van der Waals surface area contributed by atoms with Gasteiger partial charge in [-0.3, -0.25) is 0 Å². The van der Waals surface area contributed by atoms with Crippen LogP contribution in [0.25, 0.3) is 0 Å². The van der Waals surface area contributed by atoms with E-state index in [0.29, 0.717) is 6.54 Å². The van der Waals surface area contributed by atoms with Gasteiger partial charge in [0.25, 0.3) is 0 Å². The highest BCUT2D eigenvalue weighted by molar-refractivity contribution is 14.0. The maximum absolute atomic E-state index is 5.21. The van der Waals surface area contributed by atoms with E-state index in [-0.39, 0.29) is 24.0 Å². The van der Waals surface area contributed by atoms with Gasteiger partial charge in [-0.15, -0.1) is 24.0 Å². The summed E-state index contributed by atoms with van der Waals surface area (Å²) in [5.74, 6) is 2.62. The Morgan fingerprint density at radius 2 is 1.80 bits per heavy atom. The van der Waals surface area contributed by atoms with Gasteiger partial charge >= 0.3 is 0 Å². The second-order valence-corrected chi connectivity index (χ2v) is 6.68. The average Bonchev–Trinajstić information content (AvgIpc) is 3.20. The maximum atomic E-state index is 5.21. The number of rotatable bonds is 9. The molecule has 0 amide bonds. The van der Waals surface area contributed by atoms with Crippen molar-refractivity contribution in [3.05, 3.63) is 83.9 Å². The number of guanidine groups is 1. The lowest BCUT2D eigenvalue weighted by Crippen LogP contribution is -2.38. The summed E-state index contributed by atoms with van der Waals surface area (Å²) in [6, 6.07) is 18.5. The zero-order valence-electron chi connectivity index (χ0n) is 17.5. The number of aromatic nitrogens is 2. The number of benzene rings is 2. The highest BCUT2D eigenvalue weighted by Crippen LogP contribution is 2.11. The predicted molar refractivity (Wildman–Crippen MR) is 133 cm³/mol. The molecule has 2 N–H and O–H groups in total. The molecule has 0 saturated heterocycles. The molecule has 0 fully saturated rings. The lowest BCUT2D eigenvalue weighted by atomic mass is 10.1. The van der Waals surface area contributed by atoms with E-state index < -0.39 is 0 Å². The SMILES string of the molecule is CCNC(=NCc1nccn1Cc1ccccc1)NCCc1ccc(OC)cc1.I. The highest BCUT2D eigenvalue weighted by Gasteiger charge is 2.04. The van der Waals surface area contributed by atoms with Crippen LogP contribution < -0.4 is 15.4 Å². The molecule has 0 unspecified atom stereocenters. The molecule has 1 aromatic heterocycles. The van der Waals surface area contributed by atoms with Gasteiger partial charge in [0.1, 0.15) is 18.1 Å². The minimum atomic E-state index is 0. The second kappa shape index (κ2) is 12.9. The molecule has 3 rings (SSSR count). The summed E-state index contributed by atoms with van der Waals surface area (Å²) < 4.78 is 7.34. The smallest absolute Gasteiger partial charge is 0.191 e. The molecule has 0 aliphatic rings. The number of halogens is 1. The summed E-state index contributed by atoms with van der Waals surface area (Å²) in [7, 11) is 1.68. The fraction of sp³-hybridized carbons (Fsp3) is 0.304. The molecule has 0 aliphatic carbocycles. The molecular formula is C23H30IN5O. The Balaban J connectivity index is 0.00000320. The highest BCUT2D eigenvalue weighted by atomic mass is 127. The zero-order chi connectivity index (χ0) is 20.3. The lowest BCUT2D eigenvalue weighted by molar-refractivity contribution is 0.414. The van der Waals surface area contributed by atoms with Crippen LogP contribution in [-0.2, 0) is 19.5 Å². The van der Waals surface area contributed by atoms with Crippen molar-refractivity contribution in [3.8, 4) is 5.75 Å². The largest absolute Gasteiger partial charge is 0.497 e. The second-order valence-electron chi connectivity index (χ2n) is 6.68. The lowest BCUT2D eigenvalue weighted by Gasteiger charge is -2.12. The van der Waals surface area contributed by atoms with E-state index >= 15 is 0 Å². The van der Waals surface area contributed by atoms with Crippen LogP contribution in [0.15, 0.2) is 72.0 Å². The summed E-state index contributed by atoms with van der Waals surface area (Å²) in [5.41, 5.74) is 2.51. The first-order valence-electron chi connectivity index (χ1n) is 9.97. The van der Waals surface area contributed by atoms with Crippen LogP contribution in [0.5, 0.6) is 5.75 Å². The van der Waals surface area contributed by atoms with Crippen molar-refractivity contribution in [2.75, 3.05) is 20.2 Å². The molecule has 0 radical (unpaired) electrons. The first kappa shape index (κ1) is 23.7. The molecule has 0 saturated carbocycles. The van der Waals surface area contributed by atoms with Gasteiger partial charge in [0, 0.05) is 32.0 Å². The Morgan fingerprint density at radius 1 is 1.03 bits per heavy atom. The van der Waals surface area contributed by atoms with Gasteiger partial charge in [-0.25, -0.2) is 9.98 Å². The maximum Gasteiger partial charge on any atom is 0.191 e. The summed E-state index contributed by atoms with van der Waals surface area (Å²) in [6.45, 7) is 5.01. The molecule has 0 bridgehead atoms. The van der Waals surface area contributed by atoms with Crippen LogP contribution >= 0.6 is 24.0 Å². The van der Waals surface area contributed by atoms with E-state index in [0.717, 1.165) is 43.6 Å². The fourth-order valence-electron chi connectivity index (χ4n) is 3.02. The third kappa shape index (κ3) is 7.37. The topological polar surface area (TPSA) is 63.5 Å². The summed E-state index contributed by atoms with van der Waals surface area (Å²) in [4.78, 5) is 9.18. The van der Waals surface area contributed by atoms with Crippen molar-refractivity contribution in [2.45, 2.75) is 26.4 Å². The molecule has 2 aromatic carbocycles. The van der Waals surface area contributed by atoms with Gasteiger partial charge in [-0.2, -0.15) is 0 Å². The van der Waals surface area contributed by atoms with E-state index in [4.69, 9.17) is 9.73 Å². The van der Waals surface area contributed by atoms with Gasteiger partial charge in [-0.1, -0.05) is 42.5 Å². The van der Waals surface area contributed by atoms with Crippen molar-refractivity contribution in [1.82, 2.24) is 20.2 Å². The number of hydrogen-bond donors (Lipinski definition) is 2. The summed E-state index contributed by atoms with van der Waals surface area (Å²) in [5, 5.41) is 6.70. The Bertz CT molecular complexity index is 893. The number of ether oxygens (including phenoxy) is 1. The first-order valence-corrected chi connectivity index (χ1v) is 9.97. The number of nitrogens with zero attached hydrogens (tertiary/aromatic N) is 3. The van der Waals surface area contributed by atoms with Crippen molar-refractivity contribution in [2.24, 2.45) is 4.99 Å². The van der Waals surface area contributed by atoms with Crippen LogP contribution in [0.1, 0.15) is 23.9 Å². The Labute approximate surface area is 195 Å². The Hall–Kier alpha value is -2.55. The quantitative estimate of drug-likeness (QED) is 0.256. The zero-order valence-corrected chi connectivity index (χ0v) is 19.9. The number of nitrogens with one attached hydrogen (secondary N) is 2. The Morgan fingerprint density at radius 3 is 2.50 bits per heavy atom. The molecule has 160 valence electrons. The van der Waals surface area contributed by atoms with Crippen LogP contribution in [-0.4, -0.2) is 35.7 Å². The third-order valence-corrected chi connectivity index (χ3v) is 4.59. The molecule has 0 aliphatic heterocycles. The van der Waals surface area contributed by atoms with E-state index in [1.165, 1.54) is 11.1 Å². The van der Waals surface area contributed by atoms with Crippen molar-refractivity contribution in [1.29, 1.82) is 0 Å². The molecule has 3 aromatic rings. The monoisotopic (exact) mass is 519 g/mol. The summed E-state index contributed by atoms with van der Waals surface area (Å²) >= 11 is 0. The third-order valence-electron chi connectivity index (χ3n) is 4.59. The van der Waals surface area contributed by atoms with Crippen LogP contribution in [0.2, 0.25) is 0 Å². The van der Waals surface area contributed by atoms with Crippen molar-refractivity contribution in [3.63, 3.8) is 0 Å². The van der Waals surface area contributed by atoms with Crippen LogP contribution in [0, 0.1) is 0 Å². The van der Waals surface area contributed by atoms with Gasteiger partial charge in [0.05, 0.1) is 7.11 Å². The van der Waals surface area contributed by atoms with E-state index in [2.05, 4.69) is 63.5 Å². The standard InChI is InChI=1S/C23H29N5O.HI/c1-3-24-23(26-14-13-19-9-11-21(29-2)12-10-19)27-17-22-25-15-16-28(22)18-20-7-5-4-6-8-20;/h4-12,15-16H,3,13-14,17-18H2,1-2H3,(H2,24,26,27);1H. The van der Waals surface area contributed by atoms with Crippen LogP contribution in [0.3, 0.4) is 0 Å². The van der Waals surface area contributed by atoms with E-state index in [1.807, 2.05) is 30.6 Å². The van der Waals surface area contributed by atoms with Gasteiger partial charge < -0.3 is 19.9 Å². The molecule has 0 spiro atoms. The molecule has 0 atom stereocenters. The average molecular weight is 519 g/mol. The van der Waals surface area contributed by atoms with E-state index in [1.54, 1.807) is 7.11 Å². The number of methoxy groups -OCH3 is 1. The van der Waals surface area contributed by atoms with Crippen molar-refractivity contribution < 1.29 is 4.74 Å². The fourth-order valence-corrected chi connectivity index (χ4v) is 3.02. The van der Waals surface area contributed by atoms with Gasteiger partial charge in [-0.05, 0) is 36.6 Å². The van der Waals surface area contributed by atoms with Gasteiger partial charge in [0.2, 0.25) is 0 Å². The predicted octanol–water partition coefficient (Wildman–Crippen LogP) is 3.86. The van der Waals surface area contributed by atoms with Crippen molar-refractivity contribution >= 4 is 29.9 Å². The molecule has 1 heterocycles. The number of imidazole rings is 1. The van der Waals surface area contributed by atoms with Gasteiger partial charge in [0.15, 0.2) is 5.96 Å². The first-order chi connectivity index (χ1) is 14.3. The Kier molecular flexibility index (Phi) is 10.2. The molecular weight excluding hydrogens is 489 g/mol. The minimum absolute atomic E-state index is 0. The van der Waals surface area contributed by atoms with Crippen LogP contribution in [0.4, 0.5) is 0 Å². The number of aliphatic imine (C=N–C) groups is 1. The minimum Gasteiger partial charge on any atom is -0.497 e. The van der Waals surface area contributed by atoms with E-state index in [9.17, 15) is 0 Å². The summed E-state index contributed by atoms with van der Waals surface area (Å²) in [6.07, 6.45) is 4.75. The molecule has 7 heteroatoms.